The van der Waals surface area contributed by atoms with Crippen LogP contribution in [0.3, 0.4) is 0 Å². The number of rotatable bonds is 9. The second-order valence-electron chi connectivity index (χ2n) is 5.71. The lowest BCUT2D eigenvalue weighted by Crippen LogP contribution is -2.16. The molecule has 0 bridgehead atoms. The molecule has 1 aromatic heterocycles. The van der Waals surface area contributed by atoms with Crippen LogP contribution in [0.15, 0.2) is 29.2 Å². The Morgan fingerprint density at radius 3 is 2.24 bits per heavy atom. The zero-order chi connectivity index (χ0) is 21.4. The third kappa shape index (κ3) is 5.98. The van der Waals surface area contributed by atoms with E-state index in [2.05, 4.69) is 5.32 Å². The zero-order valence-electron chi connectivity index (χ0n) is 16.7. The molecule has 0 aliphatic carbocycles. The highest BCUT2D eigenvalue weighted by Crippen LogP contribution is 2.34. The fourth-order valence-corrected chi connectivity index (χ4v) is 4.23. The van der Waals surface area contributed by atoms with Crippen molar-refractivity contribution in [3.63, 3.8) is 0 Å². The molecule has 1 N–H and O–H groups in total. The smallest absolute Gasteiger partial charge is 0.348 e. The Morgan fingerprint density at radius 2 is 1.66 bits per heavy atom. The Morgan fingerprint density at radius 1 is 1.03 bits per heavy atom. The minimum Gasteiger partial charge on any atom is -0.497 e. The molecule has 0 spiro atoms. The highest BCUT2D eigenvalue weighted by molar-refractivity contribution is 8.00. The average Bonchev–Trinajstić information content (AvgIpc) is 3.03. The molecule has 0 saturated carbocycles. The van der Waals surface area contributed by atoms with Gasteiger partial charge in [-0.25, -0.2) is 9.59 Å². The van der Waals surface area contributed by atoms with Crippen LogP contribution in [0.4, 0.5) is 5.00 Å². The second kappa shape index (κ2) is 10.9. The molecule has 2 aromatic rings. The molecule has 0 radical (unpaired) electrons. The van der Waals surface area contributed by atoms with Gasteiger partial charge in [0.05, 0.1) is 31.6 Å². The number of carbonyl (C=O) groups excluding carboxylic acids is 3. The van der Waals surface area contributed by atoms with E-state index in [4.69, 9.17) is 14.2 Å². The lowest BCUT2D eigenvalue weighted by molar-refractivity contribution is -0.113. The van der Waals surface area contributed by atoms with Crippen LogP contribution in [0.25, 0.3) is 0 Å². The molecule has 0 atom stereocenters. The lowest BCUT2D eigenvalue weighted by Gasteiger charge is -2.07. The van der Waals surface area contributed by atoms with E-state index < -0.39 is 11.9 Å². The number of benzene rings is 1. The standard InChI is InChI=1S/C20H23NO6S2/c1-5-26-19(23)16-12(3)17(20(24)27-6-2)29-18(16)21-15(22)11-28-14-9-7-13(25-4)8-10-14/h7-10H,5-6,11H2,1-4H3,(H,21,22). The number of nitrogens with one attached hydrogen (secondary N) is 1. The van der Waals surface area contributed by atoms with Gasteiger partial charge in [0.25, 0.3) is 0 Å². The molecule has 1 aromatic carbocycles. The molecule has 7 nitrogen and oxygen atoms in total. The van der Waals surface area contributed by atoms with Gasteiger partial charge in [-0.15, -0.1) is 23.1 Å². The molecule has 2 rings (SSSR count). The van der Waals surface area contributed by atoms with Gasteiger partial charge in [-0.1, -0.05) is 0 Å². The highest BCUT2D eigenvalue weighted by atomic mass is 32.2. The van der Waals surface area contributed by atoms with Crippen molar-refractivity contribution >= 4 is 45.9 Å². The Balaban J connectivity index is 2.16. The van der Waals surface area contributed by atoms with E-state index in [-0.39, 0.29) is 40.3 Å². The Labute approximate surface area is 177 Å². The van der Waals surface area contributed by atoms with E-state index in [0.717, 1.165) is 22.0 Å². The summed E-state index contributed by atoms with van der Waals surface area (Å²) in [4.78, 5) is 38.1. The van der Waals surface area contributed by atoms with E-state index in [1.165, 1.54) is 11.8 Å². The van der Waals surface area contributed by atoms with Gasteiger partial charge in [0.1, 0.15) is 15.6 Å². The minimum absolute atomic E-state index is 0.139. The molecule has 0 aliphatic heterocycles. The molecule has 0 saturated heterocycles. The van der Waals surface area contributed by atoms with E-state index >= 15 is 0 Å². The summed E-state index contributed by atoms with van der Waals surface area (Å²) >= 11 is 2.36. The summed E-state index contributed by atoms with van der Waals surface area (Å²) in [6.45, 7) is 5.42. The molecular formula is C20H23NO6S2. The number of thiophene rings is 1. The first-order chi connectivity index (χ1) is 13.9. The summed E-state index contributed by atoms with van der Waals surface area (Å²) < 4.78 is 15.2. The lowest BCUT2D eigenvalue weighted by atomic mass is 10.1. The van der Waals surface area contributed by atoms with Crippen molar-refractivity contribution in [2.75, 3.05) is 31.4 Å². The fraction of sp³-hybridized carbons (Fsp3) is 0.350. The number of thioether (sulfide) groups is 1. The maximum atomic E-state index is 12.4. The summed E-state index contributed by atoms with van der Waals surface area (Å²) in [5, 5.41) is 3.01. The first-order valence-corrected chi connectivity index (χ1v) is 10.8. The number of methoxy groups -OCH3 is 1. The molecule has 9 heteroatoms. The van der Waals surface area contributed by atoms with Gasteiger partial charge in [-0.3, -0.25) is 4.79 Å². The molecule has 0 unspecified atom stereocenters. The quantitative estimate of drug-likeness (QED) is 0.465. The van der Waals surface area contributed by atoms with Crippen molar-refractivity contribution < 1.29 is 28.6 Å². The van der Waals surface area contributed by atoms with Crippen LogP contribution in [0.2, 0.25) is 0 Å². The van der Waals surface area contributed by atoms with Gasteiger partial charge in [0.2, 0.25) is 5.91 Å². The molecule has 1 heterocycles. The van der Waals surface area contributed by atoms with E-state index in [9.17, 15) is 14.4 Å². The molecule has 1 amide bonds. The van der Waals surface area contributed by atoms with E-state index in [1.807, 2.05) is 24.3 Å². The summed E-state index contributed by atoms with van der Waals surface area (Å²) in [6, 6.07) is 7.34. The second-order valence-corrected chi connectivity index (χ2v) is 7.78. The Hall–Kier alpha value is -2.52. The van der Waals surface area contributed by atoms with Gasteiger partial charge in [0, 0.05) is 4.90 Å². The van der Waals surface area contributed by atoms with Crippen molar-refractivity contribution in [2.45, 2.75) is 25.7 Å². The fourth-order valence-electron chi connectivity index (χ4n) is 2.43. The van der Waals surface area contributed by atoms with Crippen molar-refractivity contribution in [1.29, 1.82) is 0 Å². The van der Waals surface area contributed by atoms with Crippen LogP contribution in [-0.4, -0.2) is 43.9 Å². The van der Waals surface area contributed by atoms with Crippen molar-refractivity contribution in [3.8, 4) is 5.75 Å². The number of esters is 2. The average molecular weight is 438 g/mol. The normalized spacial score (nSPS) is 10.3. The molecule has 0 aliphatic rings. The predicted octanol–water partition coefficient (Wildman–Crippen LogP) is 4.15. The monoisotopic (exact) mass is 437 g/mol. The van der Waals surface area contributed by atoms with Crippen LogP contribution < -0.4 is 10.1 Å². The number of anilines is 1. The minimum atomic E-state index is -0.588. The van der Waals surface area contributed by atoms with Crippen molar-refractivity contribution in [1.82, 2.24) is 0 Å². The molecular weight excluding hydrogens is 414 g/mol. The predicted molar refractivity (Wildman–Crippen MR) is 113 cm³/mol. The van der Waals surface area contributed by atoms with Crippen LogP contribution in [-0.2, 0) is 14.3 Å². The first kappa shape index (κ1) is 22.8. The number of hydrogen-bond donors (Lipinski definition) is 1. The molecule has 156 valence electrons. The maximum Gasteiger partial charge on any atom is 0.348 e. The number of ether oxygens (including phenoxy) is 3. The third-order valence-electron chi connectivity index (χ3n) is 3.77. The number of amides is 1. The van der Waals surface area contributed by atoms with Gasteiger partial charge in [-0.2, -0.15) is 0 Å². The summed E-state index contributed by atoms with van der Waals surface area (Å²) in [6.07, 6.45) is 0. The van der Waals surface area contributed by atoms with Crippen molar-refractivity contribution in [3.05, 3.63) is 40.3 Å². The first-order valence-electron chi connectivity index (χ1n) is 8.95. The van der Waals surface area contributed by atoms with Crippen LogP contribution in [0.5, 0.6) is 5.75 Å². The molecule has 0 fully saturated rings. The number of carbonyl (C=O) groups is 3. The van der Waals surface area contributed by atoms with Gasteiger partial charge < -0.3 is 19.5 Å². The highest BCUT2D eigenvalue weighted by Gasteiger charge is 2.27. The molecule has 29 heavy (non-hydrogen) atoms. The maximum absolute atomic E-state index is 12.4. The van der Waals surface area contributed by atoms with Gasteiger partial charge in [0.15, 0.2) is 0 Å². The summed E-state index contributed by atoms with van der Waals surface area (Å²) in [7, 11) is 1.59. The van der Waals surface area contributed by atoms with Crippen LogP contribution >= 0.6 is 23.1 Å². The Kier molecular flexibility index (Phi) is 8.53. The summed E-state index contributed by atoms with van der Waals surface area (Å²) in [5.74, 6) is -0.546. The van der Waals surface area contributed by atoms with Crippen molar-refractivity contribution in [2.24, 2.45) is 0 Å². The summed E-state index contributed by atoms with van der Waals surface area (Å²) in [5.41, 5.74) is 0.618. The van der Waals surface area contributed by atoms with E-state index in [1.54, 1.807) is 27.9 Å². The largest absolute Gasteiger partial charge is 0.497 e. The third-order valence-corrected chi connectivity index (χ3v) is 5.97. The number of hydrogen-bond acceptors (Lipinski definition) is 8. The van der Waals surface area contributed by atoms with Gasteiger partial charge in [-0.05, 0) is 50.6 Å². The van der Waals surface area contributed by atoms with Gasteiger partial charge >= 0.3 is 11.9 Å². The van der Waals surface area contributed by atoms with Crippen LogP contribution in [0, 0.1) is 6.92 Å². The zero-order valence-corrected chi connectivity index (χ0v) is 18.3. The Bertz CT molecular complexity index is 876. The SMILES string of the molecule is CCOC(=O)c1sc(NC(=O)CSc2ccc(OC)cc2)c(C(=O)OCC)c1C. The van der Waals surface area contributed by atoms with Crippen LogP contribution in [0.1, 0.15) is 39.4 Å². The van der Waals surface area contributed by atoms with E-state index in [0.29, 0.717) is 5.56 Å². The topological polar surface area (TPSA) is 90.9 Å².